The highest BCUT2D eigenvalue weighted by Gasteiger charge is 2.41. The standard InChI is InChI=1S/C19H24N2O2S2/c1-14-9-11-21(12-10-14)18-7-8-19(24-18)25(22,23)20-17-13-16(17)15-5-3-2-4-6-15/h2-8,14,16-17,20H,9-13H2,1H3/t16-,17+/m1/s1. The average Bonchev–Trinajstić information content (AvgIpc) is 3.17. The van der Waals surface area contributed by atoms with Crippen molar-refractivity contribution >= 4 is 26.4 Å². The summed E-state index contributed by atoms with van der Waals surface area (Å²) in [4.78, 5) is 2.31. The topological polar surface area (TPSA) is 49.4 Å². The molecule has 1 aromatic carbocycles. The monoisotopic (exact) mass is 376 g/mol. The third-order valence-electron chi connectivity index (χ3n) is 5.25. The molecule has 2 fully saturated rings. The van der Waals surface area contributed by atoms with Crippen molar-refractivity contribution in [3.05, 3.63) is 48.0 Å². The molecule has 6 heteroatoms. The fraction of sp³-hybridized carbons (Fsp3) is 0.474. The lowest BCUT2D eigenvalue weighted by atomic mass is 10.00. The average molecular weight is 377 g/mol. The molecular weight excluding hydrogens is 352 g/mol. The van der Waals surface area contributed by atoms with E-state index in [1.165, 1.54) is 29.7 Å². The normalized spacial score (nSPS) is 24.4. The molecule has 0 amide bonds. The van der Waals surface area contributed by atoms with Gasteiger partial charge in [-0.2, -0.15) is 0 Å². The van der Waals surface area contributed by atoms with Crippen molar-refractivity contribution in [2.24, 2.45) is 5.92 Å². The fourth-order valence-electron chi connectivity index (χ4n) is 3.51. The van der Waals surface area contributed by atoms with E-state index in [-0.39, 0.29) is 6.04 Å². The molecule has 1 N–H and O–H groups in total. The van der Waals surface area contributed by atoms with Crippen LogP contribution >= 0.6 is 11.3 Å². The van der Waals surface area contributed by atoms with Crippen LogP contribution in [0.1, 0.15) is 37.7 Å². The third kappa shape index (κ3) is 3.76. The van der Waals surface area contributed by atoms with E-state index in [0.29, 0.717) is 10.1 Å². The highest BCUT2D eigenvalue weighted by molar-refractivity contribution is 7.91. The lowest BCUT2D eigenvalue weighted by Gasteiger charge is -2.30. The number of rotatable bonds is 5. The minimum atomic E-state index is -3.42. The maximum absolute atomic E-state index is 12.7. The zero-order valence-corrected chi connectivity index (χ0v) is 16.0. The van der Waals surface area contributed by atoms with Crippen LogP contribution in [0, 0.1) is 5.92 Å². The fourth-order valence-corrected chi connectivity index (χ4v) is 6.16. The number of nitrogens with one attached hydrogen (secondary N) is 1. The van der Waals surface area contributed by atoms with Gasteiger partial charge in [-0.1, -0.05) is 37.3 Å². The summed E-state index contributed by atoms with van der Waals surface area (Å²) in [5.41, 5.74) is 1.21. The zero-order chi connectivity index (χ0) is 17.4. The van der Waals surface area contributed by atoms with Crippen molar-refractivity contribution in [3.8, 4) is 0 Å². The van der Waals surface area contributed by atoms with Gasteiger partial charge in [-0.15, -0.1) is 11.3 Å². The number of anilines is 1. The summed E-state index contributed by atoms with van der Waals surface area (Å²) in [6.07, 6.45) is 3.24. The van der Waals surface area contributed by atoms with Crippen LogP contribution in [0.3, 0.4) is 0 Å². The number of hydrogen-bond acceptors (Lipinski definition) is 4. The number of sulfonamides is 1. The maximum atomic E-state index is 12.7. The lowest BCUT2D eigenvalue weighted by molar-refractivity contribution is 0.440. The van der Waals surface area contributed by atoms with E-state index in [0.717, 1.165) is 30.4 Å². The smallest absolute Gasteiger partial charge is 0.250 e. The van der Waals surface area contributed by atoms with Crippen molar-refractivity contribution < 1.29 is 8.42 Å². The molecule has 2 aliphatic rings. The summed E-state index contributed by atoms with van der Waals surface area (Å²) in [5.74, 6) is 1.07. The van der Waals surface area contributed by atoms with Gasteiger partial charge in [-0.05, 0) is 42.9 Å². The van der Waals surface area contributed by atoms with Gasteiger partial charge in [0.15, 0.2) is 0 Å². The first-order valence-corrected chi connectivity index (χ1v) is 11.2. The summed E-state index contributed by atoms with van der Waals surface area (Å²) in [5, 5.41) is 1.07. The second-order valence-corrected chi connectivity index (χ2v) is 10.2. The van der Waals surface area contributed by atoms with Crippen LogP contribution < -0.4 is 9.62 Å². The molecule has 4 rings (SSSR count). The Morgan fingerprint density at radius 1 is 1.08 bits per heavy atom. The highest BCUT2D eigenvalue weighted by atomic mass is 32.2. The van der Waals surface area contributed by atoms with Gasteiger partial charge < -0.3 is 4.90 Å². The van der Waals surface area contributed by atoms with Crippen molar-refractivity contribution in [3.63, 3.8) is 0 Å². The molecule has 1 aliphatic carbocycles. The van der Waals surface area contributed by atoms with Crippen molar-refractivity contribution in [1.29, 1.82) is 0 Å². The molecule has 1 aromatic heterocycles. The molecule has 0 bridgehead atoms. The van der Waals surface area contributed by atoms with Gasteiger partial charge in [0.05, 0.1) is 5.00 Å². The molecule has 1 saturated heterocycles. The van der Waals surface area contributed by atoms with Gasteiger partial charge in [0.25, 0.3) is 0 Å². The Kier molecular flexibility index (Phi) is 4.60. The number of nitrogens with zero attached hydrogens (tertiary/aromatic N) is 1. The van der Waals surface area contributed by atoms with Gasteiger partial charge in [-0.25, -0.2) is 13.1 Å². The minimum Gasteiger partial charge on any atom is -0.363 e. The molecule has 2 heterocycles. The van der Waals surface area contributed by atoms with Gasteiger partial charge >= 0.3 is 0 Å². The zero-order valence-electron chi connectivity index (χ0n) is 14.4. The number of hydrogen-bond donors (Lipinski definition) is 1. The Labute approximate surface area is 153 Å². The summed E-state index contributed by atoms with van der Waals surface area (Å²) in [6, 6.07) is 13.9. The second kappa shape index (κ2) is 6.74. The van der Waals surface area contributed by atoms with E-state index < -0.39 is 10.0 Å². The molecule has 2 aromatic rings. The molecule has 25 heavy (non-hydrogen) atoms. The summed E-state index contributed by atoms with van der Waals surface area (Å²) < 4.78 is 28.7. The summed E-state index contributed by atoms with van der Waals surface area (Å²) in [6.45, 7) is 4.32. The first-order chi connectivity index (χ1) is 12.0. The third-order valence-corrected chi connectivity index (χ3v) is 8.38. The van der Waals surface area contributed by atoms with E-state index in [9.17, 15) is 8.42 Å². The molecule has 0 spiro atoms. The van der Waals surface area contributed by atoms with E-state index in [4.69, 9.17) is 0 Å². The maximum Gasteiger partial charge on any atom is 0.250 e. The first-order valence-electron chi connectivity index (χ1n) is 8.95. The quantitative estimate of drug-likeness (QED) is 0.863. The number of benzene rings is 1. The van der Waals surface area contributed by atoms with Gasteiger partial charge in [0.2, 0.25) is 10.0 Å². The number of thiophene rings is 1. The molecule has 134 valence electrons. The Bertz CT molecular complexity index is 824. The van der Waals surface area contributed by atoms with Crippen LogP contribution in [0.25, 0.3) is 0 Å². The van der Waals surface area contributed by atoms with Crippen LogP contribution in [0.15, 0.2) is 46.7 Å². The summed E-state index contributed by atoms with van der Waals surface area (Å²) >= 11 is 1.39. The lowest BCUT2D eigenvalue weighted by Crippen LogP contribution is -2.32. The Morgan fingerprint density at radius 3 is 2.52 bits per heavy atom. The highest BCUT2D eigenvalue weighted by Crippen LogP contribution is 2.42. The van der Waals surface area contributed by atoms with E-state index >= 15 is 0 Å². The Morgan fingerprint density at radius 2 is 1.80 bits per heavy atom. The predicted molar refractivity (Wildman–Crippen MR) is 103 cm³/mol. The van der Waals surface area contributed by atoms with Crippen molar-refractivity contribution in [2.75, 3.05) is 18.0 Å². The van der Waals surface area contributed by atoms with E-state index in [1.807, 2.05) is 24.3 Å². The molecule has 0 radical (unpaired) electrons. The van der Waals surface area contributed by atoms with Crippen LogP contribution in [0.4, 0.5) is 5.00 Å². The van der Waals surface area contributed by atoms with Gasteiger partial charge in [-0.3, -0.25) is 0 Å². The van der Waals surface area contributed by atoms with Crippen LogP contribution in [0.2, 0.25) is 0 Å². The summed E-state index contributed by atoms with van der Waals surface area (Å²) in [7, 11) is -3.42. The Hall–Kier alpha value is -1.37. The number of piperidine rings is 1. The molecular formula is C19H24N2O2S2. The van der Waals surface area contributed by atoms with Crippen LogP contribution in [-0.2, 0) is 10.0 Å². The molecule has 4 nitrogen and oxygen atoms in total. The largest absolute Gasteiger partial charge is 0.363 e. The molecule has 2 atom stereocenters. The van der Waals surface area contributed by atoms with Crippen LogP contribution in [0.5, 0.6) is 0 Å². The van der Waals surface area contributed by atoms with Gasteiger partial charge in [0, 0.05) is 25.0 Å². The second-order valence-electron chi connectivity index (χ2n) is 7.24. The minimum absolute atomic E-state index is 0.0220. The Balaban J connectivity index is 1.41. The van der Waals surface area contributed by atoms with Crippen molar-refractivity contribution in [2.45, 2.75) is 42.4 Å². The van der Waals surface area contributed by atoms with E-state index in [1.54, 1.807) is 6.07 Å². The van der Waals surface area contributed by atoms with Crippen molar-refractivity contribution in [1.82, 2.24) is 4.72 Å². The SMILES string of the molecule is CC1CCN(c2ccc(S(=O)(=O)N[C@H]3C[C@@H]3c3ccccc3)s2)CC1. The first kappa shape index (κ1) is 17.1. The van der Waals surface area contributed by atoms with E-state index in [2.05, 4.69) is 28.7 Å². The molecule has 0 unspecified atom stereocenters. The van der Waals surface area contributed by atoms with Gasteiger partial charge in [0.1, 0.15) is 4.21 Å². The van der Waals surface area contributed by atoms with Crippen LogP contribution in [-0.4, -0.2) is 27.5 Å². The predicted octanol–water partition coefficient (Wildman–Crippen LogP) is 3.82. The molecule has 1 saturated carbocycles. The molecule has 1 aliphatic heterocycles.